The molecule has 0 spiro atoms. The molecular weight excluding hydrogens is 524 g/mol. The van der Waals surface area contributed by atoms with Gasteiger partial charge in [-0.2, -0.15) is 31.4 Å². The molecule has 2 atom stereocenters. The van der Waals surface area contributed by atoms with Crippen LogP contribution in [0.15, 0.2) is 17.2 Å². The number of nitrogens with zero attached hydrogens (tertiary/aromatic N) is 6. The van der Waals surface area contributed by atoms with E-state index in [9.17, 15) is 35.9 Å². The fourth-order valence-corrected chi connectivity index (χ4v) is 5.16. The Bertz CT molecular complexity index is 1240. The van der Waals surface area contributed by atoms with Crippen LogP contribution in [0.2, 0.25) is 0 Å². The van der Waals surface area contributed by atoms with Crippen molar-refractivity contribution in [1.29, 1.82) is 0 Å². The summed E-state index contributed by atoms with van der Waals surface area (Å²) < 4.78 is 84.3. The molecule has 2 fully saturated rings. The van der Waals surface area contributed by atoms with Gasteiger partial charge in [0.1, 0.15) is 11.7 Å². The Hall–Kier alpha value is -3.27. The molecule has 2 aromatic rings. The Morgan fingerprint density at radius 3 is 2.32 bits per heavy atom. The molecule has 2 saturated heterocycles. The summed E-state index contributed by atoms with van der Waals surface area (Å²) in [5.74, 6) is -0.153. The molecule has 0 aromatic carbocycles. The van der Waals surface area contributed by atoms with Crippen molar-refractivity contribution in [2.45, 2.75) is 37.3 Å². The van der Waals surface area contributed by atoms with Gasteiger partial charge in [0.15, 0.2) is 0 Å². The molecule has 1 amide bonds. The number of carbonyl (C=O) groups is 1. The van der Waals surface area contributed by atoms with E-state index in [-0.39, 0.29) is 55.8 Å². The third-order valence-corrected chi connectivity index (χ3v) is 7.04. The zero-order valence-electron chi connectivity index (χ0n) is 19.8. The van der Waals surface area contributed by atoms with Crippen molar-refractivity contribution in [1.82, 2.24) is 30.0 Å². The predicted octanol–water partition coefficient (Wildman–Crippen LogP) is 1.63. The van der Waals surface area contributed by atoms with Crippen LogP contribution in [-0.2, 0) is 28.3 Å². The second kappa shape index (κ2) is 9.80. The minimum atomic E-state index is -4.80. The van der Waals surface area contributed by atoms with Crippen LogP contribution in [-0.4, -0.2) is 87.9 Å². The topological polar surface area (TPSA) is 108 Å². The molecule has 0 saturated carbocycles. The molecule has 2 aliphatic heterocycles. The van der Waals surface area contributed by atoms with Gasteiger partial charge in [0.2, 0.25) is 5.95 Å². The van der Waals surface area contributed by atoms with Crippen LogP contribution in [0.5, 0.6) is 0 Å². The highest BCUT2D eigenvalue weighted by atomic mass is 19.4. The summed E-state index contributed by atoms with van der Waals surface area (Å²) >= 11 is 0. The smallest absolute Gasteiger partial charge is 0.366 e. The van der Waals surface area contributed by atoms with E-state index in [0.29, 0.717) is 38.4 Å². The Balaban J connectivity index is 1.21. The van der Waals surface area contributed by atoms with Crippen LogP contribution in [0.25, 0.3) is 0 Å². The van der Waals surface area contributed by atoms with Gasteiger partial charge in [0, 0.05) is 51.7 Å². The van der Waals surface area contributed by atoms with Gasteiger partial charge in [-0.1, -0.05) is 0 Å². The van der Waals surface area contributed by atoms with Crippen LogP contribution in [0, 0.1) is 0 Å². The summed E-state index contributed by atoms with van der Waals surface area (Å²) in [6, 6.07) is -0.490. The molecule has 38 heavy (non-hydrogen) atoms. The molecule has 3 aliphatic rings. The van der Waals surface area contributed by atoms with Gasteiger partial charge in [-0.15, -0.1) is 0 Å². The van der Waals surface area contributed by atoms with Gasteiger partial charge in [0.05, 0.1) is 23.9 Å². The number of carbonyl (C=O) groups excluding carboxylic acids is 1. The molecule has 1 unspecified atom stereocenters. The van der Waals surface area contributed by atoms with Gasteiger partial charge in [-0.25, -0.2) is 15.1 Å². The van der Waals surface area contributed by atoms with Crippen LogP contribution < -0.4 is 10.5 Å². The third kappa shape index (κ3) is 5.06. The van der Waals surface area contributed by atoms with Crippen LogP contribution in [0.1, 0.15) is 34.8 Å². The van der Waals surface area contributed by atoms with Gasteiger partial charge in [0.25, 0.3) is 11.5 Å². The number of hydrogen-bond donors (Lipinski definition) is 1. The van der Waals surface area contributed by atoms with Crippen molar-refractivity contribution in [3.63, 3.8) is 0 Å². The van der Waals surface area contributed by atoms with Crippen molar-refractivity contribution in [3.05, 3.63) is 45.1 Å². The first-order valence-corrected chi connectivity index (χ1v) is 11.9. The molecule has 4 heterocycles. The van der Waals surface area contributed by atoms with E-state index in [0.717, 1.165) is 0 Å². The highest BCUT2D eigenvalue weighted by Crippen LogP contribution is 2.40. The molecule has 206 valence electrons. The number of aromatic amines is 1. The molecule has 1 N–H and O–H groups in total. The third-order valence-electron chi connectivity index (χ3n) is 7.04. The van der Waals surface area contributed by atoms with E-state index < -0.39 is 41.2 Å². The average Bonchev–Trinajstić information content (AvgIpc) is 3.31. The van der Waals surface area contributed by atoms with Gasteiger partial charge in [-0.3, -0.25) is 14.5 Å². The van der Waals surface area contributed by atoms with Crippen LogP contribution >= 0.6 is 0 Å². The molecular formula is C22H23F6N7O3. The zero-order chi connectivity index (χ0) is 27.2. The van der Waals surface area contributed by atoms with Crippen LogP contribution in [0.3, 0.4) is 0 Å². The number of halogens is 6. The number of H-pyrrole nitrogens is 1. The Morgan fingerprint density at radius 2 is 1.68 bits per heavy atom. The first-order chi connectivity index (χ1) is 17.9. The molecule has 16 heteroatoms. The number of alkyl halides is 6. The summed E-state index contributed by atoms with van der Waals surface area (Å²) in [7, 11) is 0. The summed E-state index contributed by atoms with van der Waals surface area (Å²) in [4.78, 5) is 37.7. The summed E-state index contributed by atoms with van der Waals surface area (Å²) in [6.45, 7) is 1.88. The van der Waals surface area contributed by atoms with E-state index >= 15 is 0 Å². The second-order valence-corrected chi connectivity index (χ2v) is 9.28. The molecule has 0 radical (unpaired) electrons. The fourth-order valence-electron chi connectivity index (χ4n) is 5.16. The lowest BCUT2D eigenvalue weighted by atomic mass is 10.1. The lowest BCUT2D eigenvalue weighted by molar-refractivity contribution is -0.151. The summed E-state index contributed by atoms with van der Waals surface area (Å²) in [6.07, 6.45) is -8.36. The first kappa shape index (κ1) is 26.3. The van der Waals surface area contributed by atoms with E-state index in [1.54, 1.807) is 9.80 Å². The van der Waals surface area contributed by atoms with Gasteiger partial charge < -0.3 is 14.5 Å². The number of nitrogens with one attached hydrogen (secondary N) is 1. The highest BCUT2D eigenvalue weighted by Gasteiger charge is 2.44. The predicted molar refractivity (Wildman–Crippen MR) is 118 cm³/mol. The molecule has 5 rings (SSSR count). The molecule has 2 aromatic heterocycles. The standard InChI is InChI=1S/C22H23F6N7O3/c23-21(24,25)12-9-29-20(30-10-12)34-5-3-33(4-6-34)19(37)15-11-35(7-8-38-15)14-2-1-13-16(22(26,27)28)18(36)32-31-17(13)14/h9-10,14-15H,1-8,11H2,(H,32,36)/t14?,15-/m1/s1. The van der Waals surface area contributed by atoms with Crippen molar-refractivity contribution in [3.8, 4) is 0 Å². The number of amides is 1. The van der Waals surface area contributed by atoms with Crippen molar-refractivity contribution < 1.29 is 35.9 Å². The fraction of sp³-hybridized carbons (Fsp3) is 0.591. The van der Waals surface area contributed by atoms with E-state index in [2.05, 4.69) is 15.1 Å². The minimum Gasteiger partial charge on any atom is -0.366 e. The zero-order valence-corrected chi connectivity index (χ0v) is 19.8. The average molecular weight is 547 g/mol. The highest BCUT2D eigenvalue weighted by molar-refractivity contribution is 5.81. The molecule has 1 aliphatic carbocycles. The van der Waals surface area contributed by atoms with E-state index in [1.807, 2.05) is 10.00 Å². The number of ether oxygens (including phenoxy) is 1. The number of hydrogen-bond acceptors (Lipinski definition) is 8. The summed E-state index contributed by atoms with van der Waals surface area (Å²) in [5.41, 5.74) is -3.39. The maximum Gasteiger partial charge on any atom is 0.422 e. The van der Waals surface area contributed by atoms with Gasteiger partial charge >= 0.3 is 12.4 Å². The number of piperazine rings is 1. The van der Waals surface area contributed by atoms with Crippen molar-refractivity contribution >= 4 is 11.9 Å². The van der Waals surface area contributed by atoms with Crippen molar-refractivity contribution in [2.75, 3.05) is 50.8 Å². The Labute approximate surface area is 211 Å². The van der Waals surface area contributed by atoms with E-state index in [1.165, 1.54) is 0 Å². The maximum atomic E-state index is 13.5. The van der Waals surface area contributed by atoms with Gasteiger partial charge in [-0.05, 0) is 18.4 Å². The van der Waals surface area contributed by atoms with Crippen molar-refractivity contribution in [2.24, 2.45) is 0 Å². The number of fused-ring (bicyclic) bond motifs is 1. The number of rotatable bonds is 3. The second-order valence-electron chi connectivity index (χ2n) is 9.28. The SMILES string of the molecule is O=C([C@H]1CN(C2CCc3c2n[nH]c(=O)c3C(F)(F)F)CCO1)N1CCN(c2ncc(C(F)(F)F)cn2)CC1. The number of anilines is 1. The lowest BCUT2D eigenvalue weighted by Crippen LogP contribution is -2.56. The Kier molecular flexibility index (Phi) is 6.79. The largest absolute Gasteiger partial charge is 0.422 e. The van der Waals surface area contributed by atoms with E-state index in [4.69, 9.17) is 4.74 Å². The Morgan fingerprint density at radius 1 is 1.00 bits per heavy atom. The first-order valence-electron chi connectivity index (χ1n) is 11.9. The minimum absolute atomic E-state index is 0.0513. The number of morpholine rings is 1. The quantitative estimate of drug-likeness (QED) is 0.579. The maximum absolute atomic E-state index is 13.5. The molecule has 10 nitrogen and oxygen atoms in total. The number of aromatic nitrogens is 4. The summed E-state index contributed by atoms with van der Waals surface area (Å²) in [5, 5.41) is 5.87. The normalized spacial score (nSPS) is 23.0. The monoisotopic (exact) mass is 547 g/mol. The lowest BCUT2D eigenvalue weighted by Gasteiger charge is -2.40. The molecule has 0 bridgehead atoms. The van der Waals surface area contributed by atoms with Crippen LogP contribution in [0.4, 0.5) is 32.3 Å².